The van der Waals surface area contributed by atoms with Gasteiger partial charge in [0.15, 0.2) is 5.82 Å². The molecule has 1 aromatic carbocycles. The molecule has 0 radical (unpaired) electrons. The fourth-order valence-electron chi connectivity index (χ4n) is 2.20. The van der Waals surface area contributed by atoms with E-state index in [0.29, 0.717) is 23.0 Å². The number of hydrogen-bond acceptors (Lipinski definition) is 4. The summed E-state index contributed by atoms with van der Waals surface area (Å²) < 4.78 is 5.69. The molecule has 134 valence electrons. The number of benzene rings is 1. The molecular weight excluding hydrogens is 330 g/mol. The first-order chi connectivity index (χ1) is 12.4. The lowest BCUT2D eigenvalue weighted by Crippen LogP contribution is -2.19. The molecule has 0 unspecified atom stereocenters. The van der Waals surface area contributed by atoms with Gasteiger partial charge in [-0.05, 0) is 36.4 Å². The Morgan fingerprint density at radius 3 is 2.27 bits per heavy atom. The molecule has 0 spiro atoms. The van der Waals surface area contributed by atoms with Crippen LogP contribution in [0.25, 0.3) is 0 Å². The molecule has 0 aliphatic rings. The van der Waals surface area contributed by atoms with Crippen LogP contribution in [0.15, 0.2) is 54.9 Å². The molecule has 7 nitrogen and oxygen atoms in total. The summed E-state index contributed by atoms with van der Waals surface area (Å²) in [7, 11) is 0. The molecular formula is C19H21N5O2. The summed E-state index contributed by atoms with van der Waals surface area (Å²) in [5, 5.41) is 12.5. The Bertz CT molecular complexity index is 867. The van der Waals surface area contributed by atoms with Crippen molar-refractivity contribution in [1.29, 1.82) is 0 Å². The zero-order chi connectivity index (χ0) is 18.6. The third-order valence-electron chi connectivity index (χ3n) is 3.63. The fraction of sp³-hybridized carbons (Fsp3) is 0.211. The number of nitrogens with zero attached hydrogens (tertiary/aromatic N) is 2. The zero-order valence-electron chi connectivity index (χ0n) is 14.9. The van der Waals surface area contributed by atoms with Crippen LogP contribution in [0.5, 0.6) is 11.5 Å². The third kappa shape index (κ3) is 4.60. The molecule has 0 aliphatic carbocycles. The lowest BCUT2D eigenvalue weighted by Gasteiger charge is -2.14. The predicted octanol–water partition coefficient (Wildman–Crippen LogP) is 4.54. The standard InChI is InChI=1S/C19H21N5O2/c1-19(2,3)16-12-17(24-23-16)22-18(25)21-13-4-6-14(7-5-13)26-15-8-10-20-11-9-15/h4-12H,1-3H3,(H3,21,22,23,24,25). The van der Waals surface area contributed by atoms with E-state index in [4.69, 9.17) is 4.74 Å². The largest absolute Gasteiger partial charge is 0.457 e. The van der Waals surface area contributed by atoms with Crippen molar-refractivity contribution in [2.45, 2.75) is 26.2 Å². The quantitative estimate of drug-likeness (QED) is 0.643. The number of hydrogen-bond donors (Lipinski definition) is 3. The average Bonchev–Trinajstić information content (AvgIpc) is 3.06. The molecule has 0 saturated heterocycles. The second-order valence-corrected chi connectivity index (χ2v) is 6.81. The minimum absolute atomic E-state index is 0.0615. The lowest BCUT2D eigenvalue weighted by atomic mass is 9.92. The van der Waals surface area contributed by atoms with E-state index < -0.39 is 0 Å². The van der Waals surface area contributed by atoms with Crippen LogP contribution in [0, 0.1) is 0 Å². The molecule has 26 heavy (non-hydrogen) atoms. The van der Waals surface area contributed by atoms with Crippen molar-refractivity contribution in [3.8, 4) is 11.5 Å². The van der Waals surface area contributed by atoms with Gasteiger partial charge >= 0.3 is 6.03 Å². The average molecular weight is 351 g/mol. The summed E-state index contributed by atoms with van der Waals surface area (Å²) in [6.07, 6.45) is 3.32. The van der Waals surface area contributed by atoms with Gasteiger partial charge in [0.2, 0.25) is 0 Å². The first-order valence-electron chi connectivity index (χ1n) is 8.22. The number of aromatic amines is 1. The van der Waals surface area contributed by atoms with Crippen LogP contribution in [0.1, 0.15) is 26.5 Å². The Kier molecular flexibility index (Phi) is 4.88. The Morgan fingerprint density at radius 2 is 1.65 bits per heavy atom. The Balaban J connectivity index is 1.57. The molecule has 3 rings (SSSR count). The van der Waals surface area contributed by atoms with Crippen LogP contribution < -0.4 is 15.4 Å². The number of urea groups is 1. The van der Waals surface area contributed by atoms with Crippen LogP contribution in [0.4, 0.5) is 16.3 Å². The van der Waals surface area contributed by atoms with Crippen molar-refractivity contribution in [3.63, 3.8) is 0 Å². The SMILES string of the molecule is CC(C)(C)c1cc(NC(=O)Nc2ccc(Oc3ccncc3)cc2)n[nH]1. The molecule has 7 heteroatoms. The number of amides is 2. The van der Waals surface area contributed by atoms with Crippen LogP contribution in [-0.2, 0) is 5.41 Å². The summed E-state index contributed by atoms with van der Waals surface area (Å²) in [6, 6.07) is 12.1. The molecule has 3 N–H and O–H groups in total. The van der Waals surface area contributed by atoms with E-state index in [1.54, 1.807) is 48.8 Å². The highest BCUT2D eigenvalue weighted by atomic mass is 16.5. The molecule has 2 amide bonds. The number of nitrogens with one attached hydrogen (secondary N) is 3. The Morgan fingerprint density at radius 1 is 1.00 bits per heavy atom. The Labute approximate surface area is 151 Å². The molecule has 2 aromatic heterocycles. The number of carbonyl (C=O) groups excluding carboxylic acids is 1. The number of H-pyrrole nitrogens is 1. The molecule has 2 heterocycles. The topological polar surface area (TPSA) is 91.9 Å². The van der Waals surface area contributed by atoms with Crippen LogP contribution in [0.3, 0.4) is 0 Å². The van der Waals surface area contributed by atoms with Crippen molar-refractivity contribution in [3.05, 3.63) is 60.6 Å². The first-order valence-corrected chi connectivity index (χ1v) is 8.22. The normalized spacial score (nSPS) is 11.0. The summed E-state index contributed by atoms with van der Waals surface area (Å²) in [5.74, 6) is 1.85. The minimum Gasteiger partial charge on any atom is -0.457 e. The summed E-state index contributed by atoms with van der Waals surface area (Å²) in [6.45, 7) is 6.21. The highest BCUT2D eigenvalue weighted by Gasteiger charge is 2.17. The summed E-state index contributed by atoms with van der Waals surface area (Å²) in [5.41, 5.74) is 1.54. The first kappa shape index (κ1) is 17.5. The van der Waals surface area contributed by atoms with Gasteiger partial charge in [0.25, 0.3) is 0 Å². The van der Waals surface area contributed by atoms with Gasteiger partial charge in [0, 0.05) is 35.3 Å². The third-order valence-corrected chi connectivity index (χ3v) is 3.63. The highest BCUT2D eigenvalue weighted by Crippen LogP contribution is 2.23. The van der Waals surface area contributed by atoms with Crippen molar-refractivity contribution in [2.24, 2.45) is 0 Å². The van der Waals surface area contributed by atoms with Crippen LogP contribution >= 0.6 is 0 Å². The van der Waals surface area contributed by atoms with Gasteiger partial charge in [0.05, 0.1) is 0 Å². The van der Waals surface area contributed by atoms with Gasteiger partial charge in [-0.25, -0.2) is 4.79 Å². The van der Waals surface area contributed by atoms with Crippen molar-refractivity contribution in [1.82, 2.24) is 15.2 Å². The maximum Gasteiger partial charge on any atom is 0.324 e. The van der Waals surface area contributed by atoms with Gasteiger partial charge in [-0.1, -0.05) is 20.8 Å². The molecule has 0 fully saturated rings. The Hall–Kier alpha value is -3.35. The van der Waals surface area contributed by atoms with Gasteiger partial charge in [-0.3, -0.25) is 15.4 Å². The smallest absolute Gasteiger partial charge is 0.324 e. The van der Waals surface area contributed by atoms with Crippen molar-refractivity contribution >= 4 is 17.5 Å². The number of ether oxygens (including phenoxy) is 1. The van der Waals surface area contributed by atoms with E-state index in [9.17, 15) is 4.79 Å². The van der Waals surface area contributed by atoms with E-state index >= 15 is 0 Å². The second-order valence-electron chi connectivity index (χ2n) is 6.81. The fourth-order valence-corrected chi connectivity index (χ4v) is 2.20. The van der Waals surface area contributed by atoms with E-state index in [-0.39, 0.29) is 11.4 Å². The minimum atomic E-state index is -0.361. The van der Waals surface area contributed by atoms with Crippen LogP contribution in [0.2, 0.25) is 0 Å². The summed E-state index contributed by atoms with van der Waals surface area (Å²) >= 11 is 0. The molecule has 0 saturated carbocycles. The van der Waals surface area contributed by atoms with Crippen molar-refractivity contribution < 1.29 is 9.53 Å². The molecule has 0 atom stereocenters. The van der Waals surface area contributed by atoms with Crippen molar-refractivity contribution in [2.75, 3.05) is 10.6 Å². The maximum absolute atomic E-state index is 12.1. The predicted molar refractivity (Wildman–Crippen MR) is 101 cm³/mol. The van der Waals surface area contributed by atoms with E-state index in [1.807, 2.05) is 6.07 Å². The van der Waals surface area contributed by atoms with E-state index in [0.717, 1.165) is 5.69 Å². The number of rotatable bonds is 4. The second kappa shape index (κ2) is 7.26. The van der Waals surface area contributed by atoms with Gasteiger partial charge in [-0.15, -0.1) is 0 Å². The number of anilines is 2. The van der Waals surface area contributed by atoms with Gasteiger partial charge in [-0.2, -0.15) is 5.10 Å². The molecule has 0 bridgehead atoms. The number of pyridine rings is 1. The van der Waals surface area contributed by atoms with E-state index in [2.05, 4.69) is 46.6 Å². The number of carbonyl (C=O) groups is 1. The van der Waals surface area contributed by atoms with Crippen LogP contribution in [-0.4, -0.2) is 21.2 Å². The lowest BCUT2D eigenvalue weighted by molar-refractivity contribution is 0.262. The number of aromatic nitrogens is 3. The summed E-state index contributed by atoms with van der Waals surface area (Å²) in [4.78, 5) is 16.0. The van der Waals surface area contributed by atoms with Gasteiger partial charge in [0.1, 0.15) is 11.5 Å². The van der Waals surface area contributed by atoms with E-state index in [1.165, 1.54) is 0 Å². The molecule has 3 aromatic rings. The maximum atomic E-state index is 12.1. The zero-order valence-corrected chi connectivity index (χ0v) is 14.9. The molecule has 0 aliphatic heterocycles. The monoisotopic (exact) mass is 351 g/mol. The van der Waals surface area contributed by atoms with Gasteiger partial charge < -0.3 is 10.1 Å². The highest BCUT2D eigenvalue weighted by molar-refractivity contribution is 5.99.